The van der Waals surface area contributed by atoms with E-state index >= 15 is 0 Å². The van der Waals surface area contributed by atoms with Crippen LogP contribution in [0, 0.1) is 18.8 Å². The first-order valence-corrected chi connectivity index (χ1v) is 7.93. The molecule has 0 aromatic carbocycles. The highest BCUT2D eigenvalue weighted by atomic mass is 15.0. The maximum absolute atomic E-state index is 5.83. The van der Waals surface area contributed by atoms with Crippen LogP contribution >= 0.6 is 0 Å². The number of hydrogen-bond acceptors (Lipinski definition) is 5. The van der Waals surface area contributed by atoms with E-state index in [1.54, 1.807) is 18.6 Å². The molecule has 0 radical (unpaired) electrons. The Labute approximate surface area is 145 Å². The number of nitrogen functional groups attached to an aromatic ring is 1. The highest BCUT2D eigenvalue weighted by Gasteiger charge is 2.11. The Morgan fingerprint density at radius 1 is 1.16 bits per heavy atom. The lowest BCUT2D eigenvalue weighted by Gasteiger charge is -2.07. The van der Waals surface area contributed by atoms with Crippen LogP contribution in [-0.4, -0.2) is 19.9 Å². The van der Waals surface area contributed by atoms with Crippen LogP contribution in [-0.2, 0) is 6.42 Å². The number of fused-ring (bicyclic) bond motifs is 1. The summed E-state index contributed by atoms with van der Waals surface area (Å²) in [6.45, 7) is 1.88. The lowest BCUT2D eigenvalue weighted by atomic mass is 10.1. The average molecular weight is 325 g/mol. The molecular formula is C20H15N5. The van der Waals surface area contributed by atoms with Crippen molar-refractivity contribution in [1.82, 2.24) is 19.9 Å². The molecule has 120 valence electrons. The van der Waals surface area contributed by atoms with Crippen molar-refractivity contribution >= 4 is 12.0 Å². The number of pyridine rings is 2. The van der Waals surface area contributed by atoms with Gasteiger partial charge in [-0.3, -0.25) is 9.97 Å². The lowest BCUT2D eigenvalue weighted by Crippen LogP contribution is -2.03. The van der Waals surface area contributed by atoms with Gasteiger partial charge < -0.3 is 5.73 Å². The monoisotopic (exact) mass is 325 g/mol. The minimum absolute atomic E-state index is 0.228. The third-order valence-corrected chi connectivity index (χ3v) is 3.99. The highest BCUT2D eigenvalue weighted by Crippen LogP contribution is 2.23. The second kappa shape index (κ2) is 6.17. The summed E-state index contributed by atoms with van der Waals surface area (Å²) >= 11 is 0. The molecule has 3 aromatic heterocycles. The molecular weight excluding hydrogens is 310 g/mol. The Kier molecular flexibility index (Phi) is 3.71. The van der Waals surface area contributed by atoms with Gasteiger partial charge in [0.05, 0.1) is 22.6 Å². The van der Waals surface area contributed by atoms with Crippen molar-refractivity contribution in [2.45, 2.75) is 13.3 Å². The summed E-state index contributed by atoms with van der Waals surface area (Å²) in [4.78, 5) is 17.2. The third kappa shape index (κ3) is 2.98. The molecule has 1 aliphatic rings. The molecule has 1 aliphatic carbocycles. The molecule has 2 N–H and O–H groups in total. The van der Waals surface area contributed by atoms with Crippen LogP contribution in [0.2, 0.25) is 0 Å². The number of anilines is 1. The summed E-state index contributed by atoms with van der Waals surface area (Å²) in [5.74, 6) is 6.59. The Morgan fingerprint density at radius 2 is 2.08 bits per heavy atom. The van der Waals surface area contributed by atoms with E-state index in [0.717, 1.165) is 40.1 Å². The molecule has 0 fully saturated rings. The van der Waals surface area contributed by atoms with Crippen LogP contribution in [0.3, 0.4) is 0 Å². The van der Waals surface area contributed by atoms with Crippen LogP contribution in [0.15, 0.2) is 42.9 Å². The quantitative estimate of drug-likeness (QED) is 0.696. The number of aryl methyl sites for hydroxylation is 1. The van der Waals surface area contributed by atoms with Crippen molar-refractivity contribution in [3.05, 3.63) is 70.9 Å². The van der Waals surface area contributed by atoms with Crippen LogP contribution in [0.4, 0.5) is 5.95 Å². The minimum Gasteiger partial charge on any atom is -0.368 e. The van der Waals surface area contributed by atoms with Crippen LogP contribution in [0.1, 0.15) is 28.1 Å². The average Bonchev–Trinajstić information content (AvgIpc) is 3.09. The summed E-state index contributed by atoms with van der Waals surface area (Å²) in [5.41, 5.74) is 12.0. The van der Waals surface area contributed by atoms with E-state index in [0.29, 0.717) is 5.69 Å². The van der Waals surface area contributed by atoms with Gasteiger partial charge in [-0.15, -0.1) is 0 Å². The van der Waals surface area contributed by atoms with Gasteiger partial charge in [0.2, 0.25) is 5.95 Å². The third-order valence-electron chi connectivity index (χ3n) is 3.99. The van der Waals surface area contributed by atoms with Gasteiger partial charge in [-0.2, -0.15) is 0 Å². The van der Waals surface area contributed by atoms with Crippen LogP contribution in [0.25, 0.3) is 17.3 Å². The predicted octanol–water partition coefficient (Wildman–Crippen LogP) is 2.79. The molecule has 5 heteroatoms. The van der Waals surface area contributed by atoms with Crippen LogP contribution < -0.4 is 5.73 Å². The fraction of sp³-hybridized carbons (Fsp3) is 0.100. The van der Waals surface area contributed by atoms with Crippen molar-refractivity contribution in [1.29, 1.82) is 0 Å². The first kappa shape index (κ1) is 15.0. The molecule has 5 nitrogen and oxygen atoms in total. The maximum Gasteiger partial charge on any atom is 0.220 e. The zero-order valence-electron chi connectivity index (χ0n) is 13.7. The molecule has 4 rings (SSSR count). The molecule has 3 heterocycles. The molecule has 0 saturated carbocycles. The number of nitrogens with zero attached hydrogens (tertiary/aromatic N) is 4. The topological polar surface area (TPSA) is 77.6 Å². The SMILES string of the molecule is Cc1nc(N)nc(-c2cccnc2)c1C#Cc1cnc2c(c1)C=CC2. The first-order valence-electron chi connectivity index (χ1n) is 7.93. The fourth-order valence-corrected chi connectivity index (χ4v) is 2.78. The summed E-state index contributed by atoms with van der Waals surface area (Å²) in [6.07, 6.45) is 10.3. The molecule has 3 aromatic rings. The van der Waals surface area contributed by atoms with Gasteiger partial charge in [0.1, 0.15) is 0 Å². The second-order valence-electron chi connectivity index (χ2n) is 5.75. The van der Waals surface area contributed by atoms with Gasteiger partial charge in [0.15, 0.2) is 0 Å². The molecule has 0 spiro atoms. The van der Waals surface area contributed by atoms with E-state index < -0.39 is 0 Å². The Hall–Kier alpha value is -3.52. The highest BCUT2D eigenvalue weighted by molar-refractivity contribution is 5.69. The van der Waals surface area contributed by atoms with E-state index in [-0.39, 0.29) is 5.95 Å². The van der Waals surface area contributed by atoms with Crippen molar-refractivity contribution in [2.75, 3.05) is 5.73 Å². The van der Waals surface area contributed by atoms with Gasteiger partial charge in [0, 0.05) is 36.1 Å². The number of allylic oxidation sites excluding steroid dienone is 1. The molecule has 0 amide bonds. The lowest BCUT2D eigenvalue weighted by molar-refractivity contribution is 1.11. The van der Waals surface area contributed by atoms with Gasteiger partial charge in [-0.05, 0) is 30.7 Å². The number of nitrogens with two attached hydrogens (primary N) is 1. The molecule has 0 atom stereocenters. The van der Waals surface area contributed by atoms with Gasteiger partial charge in [-0.1, -0.05) is 24.0 Å². The second-order valence-corrected chi connectivity index (χ2v) is 5.75. The smallest absolute Gasteiger partial charge is 0.220 e. The number of rotatable bonds is 1. The Balaban J connectivity index is 1.80. The van der Waals surface area contributed by atoms with Gasteiger partial charge in [-0.25, -0.2) is 9.97 Å². The zero-order valence-corrected chi connectivity index (χ0v) is 13.7. The number of hydrogen-bond donors (Lipinski definition) is 1. The fourth-order valence-electron chi connectivity index (χ4n) is 2.78. The standard InChI is InChI=1S/C20H15N5/c1-13-17(8-7-14-10-15-4-2-6-18(15)23-11-14)19(25-20(21)24-13)16-5-3-9-22-12-16/h2-5,9-12H,6H2,1H3,(H2,21,24,25). The minimum atomic E-state index is 0.228. The van der Waals surface area contributed by atoms with E-state index in [9.17, 15) is 0 Å². The van der Waals surface area contributed by atoms with Crippen molar-refractivity contribution in [3.8, 4) is 23.1 Å². The predicted molar refractivity (Wildman–Crippen MR) is 97.4 cm³/mol. The van der Waals surface area contributed by atoms with E-state index in [1.165, 1.54) is 0 Å². The van der Waals surface area contributed by atoms with E-state index in [1.807, 2.05) is 19.1 Å². The van der Waals surface area contributed by atoms with Crippen molar-refractivity contribution in [3.63, 3.8) is 0 Å². The maximum atomic E-state index is 5.83. The molecule has 0 bridgehead atoms. The molecule has 25 heavy (non-hydrogen) atoms. The van der Waals surface area contributed by atoms with Crippen molar-refractivity contribution in [2.24, 2.45) is 0 Å². The summed E-state index contributed by atoms with van der Waals surface area (Å²) < 4.78 is 0. The molecule has 0 unspecified atom stereocenters. The van der Waals surface area contributed by atoms with Gasteiger partial charge >= 0.3 is 0 Å². The number of aromatic nitrogens is 4. The largest absolute Gasteiger partial charge is 0.368 e. The summed E-state index contributed by atoms with van der Waals surface area (Å²) in [5, 5.41) is 0. The van der Waals surface area contributed by atoms with Crippen molar-refractivity contribution < 1.29 is 0 Å². The van der Waals surface area contributed by atoms with E-state index in [2.05, 4.69) is 50.0 Å². The van der Waals surface area contributed by atoms with E-state index in [4.69, 9.17) is 5.73 Å². The van der Waals surface area contributed by atoms with Crippen LogP contribution in [0.5, 0.6) is 0 Å². The normalized spacial score (nSPS) is 11.7. The Morgan fingerprint density at radius 3 is 2.92 bits per heavy atom. The first-order chi connectivity index (χ1) is 12.2. The molecule has 0 saturated heterocycles. The summed E-state index contributed by atoms with van der Waals surface area (Å²) in [6, 6.07) is 5.84. The summed E-state index contributed by atoms with van der Waals surface area (Å²) in [7, 11) is 0. The molecule has 0 aliphatic heterocycles. The Bertz CT molecular complexity index is 1040. The van der Waals surface area contributed by atoms with Gasteiger partial charge in [0.25, 0.3) is 0 Å². The zero-order chi connectivity index (χ0) is 17.2.